The molecule has 0 saturated heterocycles. The van der Waals surface area contributed by atoms with Crippen molar-refractivity contribution in [3.05, 3.63) is 0 Å². The first-order valence-electron chi connectivity index (χ1n) is 9.48. The first kappa shape index (κ1) is 28.6. The van der Waals surface area contributed by atoms with E-state index in [0.29, 0.717) is 0 Å². The predicted molar refractivity (Wildman–Crippen MR) is 103 cm³/mol. The number of Topliss-reactive ketones (excluding diaryl/α,β-unsaturated/α-hetero) is 4. The number of esters is 4. The Labute approximate surface area is 183 Å². The standard InChI is InChI=1S/C20H26O12/c1-11(21)5-17(25)29-9-15(31-19(27)7-13(3)23)16(32-20(28)8-14(4)24)10-30-18(26)6-12(2)22/h15-16H,5-10H2,1-4H3. The maximum atomic E-state index is 12.0. The highest BCUT2D eigenvalue weighted by molar-refractivity contribution is 5.96. The van der Waals surface area contributed by atoms with E-state index in [0.717, 1.165) is 27.7 Å². The molecule has 0 aliphatic rings. The molecule has 0 aromatic rings. The van der Waals surface area contributed by atoms with E-state index in [9.17, 15) is 38.4 Å². The van der Waals surface area contributed by atoms with Gasteiger partial charge in [0.25, 0.3) is 0 Å². The minimum Gasteiger partial charge on any atom is -0.461 e. The second-order valence-corrected chi connectivity index (χ2v) is 6.94. The molecule has 0 aliphatic carbocycles. The molecule has 0 rings (SSSR count). The van der Waals surface area contributed by atoms with E-state index < -0.39 is 98.1 Å². The Kier molecular flexibility index (Phi) is 13.0. The monoisotopic (exact) mass is 458 g/mol. The van der Waals surface area contributed by atoms with Crippen LogP contribution in [0.15, 0.2) is 0 Å². The summed E-state index contributed by atoms with van der Waals surface area (Å²) in [6, 6.07) is 0. The molecule has 0 radical (unpaired) electrons. The molecule has 2 unspecified atom stereocenters. The van der Waals surface area contributed by atoms with Gasteiger partial charge in [0.15, 0.2) is 12.2 Å². The lowest BCUT2D eigenvalue weighted by Gasteiger charge is -2.26. The zero-order valence-corrected chi connectivity index (χ0v) is 18.3. The van der Waals surface area contributed by atoms with Crippen molar-refractivity contribution in [3.63, 3.8) is 0 Å². The highest BCUT2D eigenvalue weighted by Crippen LogP contribution is 2.11. The molecule has 0 fully saturated rings. The second-order valence-electron chi connectivity index (χ2n) is 6.94. The average molecular weight is 458 g/mol. The third-order valence-corrected chi connectivity index (χ3v) is 3.37. The summed E-state index contributed by atoms with van der Waals surface area (Å²) in [5.41, 5.74) is 0. The summed E-state index contributed by atoms with van der Waals surface area (Å²) >= 11 is 0. The zero-order chi connectivity index (χ0) is 24.8. The van der Waals surface area contributed by atoms with Gasteiger partial charge in [-0.25, -0.2) is 0 Å². The predicted octanol–water partition coefficient (Wildman–Crippen LogP) is -0.187. The number of carbonyl (C=O) groups excluding carboxylic acids is 8. The fraction of sp³-hybridized carbons (Fsp3) is 0.600. The van der Waals surface area contributed by atoms with Gasteiger partial charge in [-0.15, -0.1) is 0 Å². The SMILES string of the molecule is CC(=O)CC(=O)OCC(OC(=O)CC(C)=O)C(COC(=O)CC(C)=O)OC(=O)CC(C)=O. The minimum atomic E-state index is -1.54. The molecule has 0 aromatic heterocycles. The van der Waals surface area contributed by atoms with Crippen LogP contribution in [0.1, 0.15) is 53.4 Å². The molecule has 0 N–H and O–H groups in total. The molecular weight excluding hydrogens is 432 g/mol. The van der Waals surface area contributed by atoms with Gasteiger partial charge >= 0.3 is 23.9 Å². The zero-order valence-electron chi connectivity index (χ0n) is 18.3. The average Bonchev–Trinajstić information content (AvgIpc) is 2.59. The quantitative estimate of drug-likeness (QED) is 0.180. The van der Waals surface area contributed by atoms with Gasteiger partial charge in [-0.2, -0.15) is 0 Å². The van der Waals surface area contributed by atoms with E-state index >= 15 is 0 Å². The molecule has 0 heterocycles. The van der Waals surface area contributed by atoms with Crippen LogP contribution in [0.5, 0.6) is 0 Å². The number of ketones is 4. The molecular formula is C20H26O12. The van der Waals surface area contributed by atoms with Gasteiger partial charge in [-0.1, -0.05) is 0 Å². The molecule has 0 aliphatic heterocycles. The first-order valence-corrected chi connectivity index (χ1v) is 9.48. The van der Waals surface area contributed by atoms with Crippen molar-refractivity contribution in [2.24, 2.45) is 0 Å². The summed E-state index contributed by atoms with van der Waals surface area (Å²) in [4.78, 5) is 91.7. The van der Waals surface area contributed by atoms with Crippen molar-refractivity contribution < 1.29 is 57.3 Å². The molecule has 2 atom stereocenters. The fourth-order valence-electron chi connectivity index (χ4n) is 2.12. The van der Waals surface area contributed by atoms with Crippen LogP contribution in [0.4, 0.5) is 0 Å². The number of ether oxygens (including phenoxy) is 4. The smallest absolute Gasteiger partial charge is 0.313 e. The normalized spacial score (nSPS) is 12.0. The van der Waals surface area contributed by atoms with Crippen LogP contribution >= 0.6 is 0 Å². The summed E-state index contributed by atoms with van der Waals surface area (Å²) in [7, 11) is 0. The Morgan fingerprint density at radius 3 is 0.969 bits per heavy atom. The maximum absolute atomic E-state index is 12.0. The number of hydrogen-bond acceptors (Lipinski definition) is 12. The Morgan fingerprint density at radius 2 is 0.719 bits per heavy atom. The van der Waals surface area contributed by atoms with Crippen molar-refractivity contribution in [2.75, 3.05) is 13.2 Å². The fourth-order valence-corrected chi connectivity index (χ4v) is 2.12. The van der Waals surface area contributed by atoms with E-state index in [1.165, 1.54) is 0 Å². The number of hydrogen-bond donors (Lipinski definition) is 0. The van der Waals surface area contributed by atoms with E-state index in [2.05, 4.69) is 0 Å². The molecule has 0 aromatic carbocycles. The molecule has 0 spiro atoms. The maximum Gasteiger partial charge on any atom is 0.313 e. The number of rotatable bonds is 15. The Balaban J connectivity index is 5.58. The Morgan fingerprint density at radius 1 is 0.469 bits per heavy atom. The highest BCUT2D eigenvalue weighted by atomic mass is 16.6. The first-order chi connectivity index (χ1) is 14.8. The lowest BCUT2D eigenvalue weighted by atomic mass is 10.2. The summed E-state index contributed by atoms with van der Waals surface area (Å²) in [6.45, 7) is 3.11. The Bertz CT molecular complexity index is 703. The van der Waals surface area contributed by atoms with Gasteiger partial charge in [-0.05, 0) is 27.7 Å². The summed E-state index contributed by atoms with van der Waals surface area (Å²) in [6.07, 6.45) is -5.52. The van der Waals surface area contributed by atoms with E-state index in [1.54, 1.807) is 0 Å². The molecule has 178 valence electrons. The van der Waals surface area contributed by atoms with E-state index in [-0.39, 0.29) is 0 Å². The number of carbonyl (C=O) groups is 8. The van der Waals surface area contributed by atoms with Crippen LogP contribution < -0.4 is 0 Å². The van der Waals surface area contributed by atoms with Crippen molar-refractivity contribution in [2.45, 2.75) is 65.6 Å². The van der Waals surface area contributed by atoms with Gasteiger partial charge in [0.1, 0.15) is 62.0 Å². The van der Waals surface area contributed by atoms with Crippen LogP contribution in [-0.4, -0.2) is 72.4 Å². The van der Waals surface area contributed by atoms with Gasteiger partial charge < -0.3 is 18.9 Å². The van der Waals surface area contributed by atoms with Crippen molar-refractivity contribution in [1.82, 2.24) is 0 Å². The van der Waals surface area contributed by atoms with Crippen LogP contribution in [0.25, 0.3) is 0 Å². The van der Waals surface area contributed by atoms with Gasteiger partial charge in [0.2, 0.25) is 0 Å². The van der Waals surface area contributed by atoms with Gasteiger partial charge in [-0.3, -0.25) is 38.4 Å². The van der Waals surface area contributed by atoms with Crippen LogP contribution in [0.3, 0.4) is 0 Å². The van der Waals surface area contributed by atoms with E-state index in [1.807, 2.05) is 0 Å². The van der Waals surface area contributed by atoms with Crippen LogP contribution in [-0.2, 0) is 57.3 Å². The molecule has 32 heavy (non-hydrogen) atoms. The Hall–Kier alpha value is -3.44. The largest absolute Gasteiger partial charge is 0.461 e. The summed E-state index contributed by atoms with van der Waals surface area (Å²) in [5, 5.41) is 0. The summed E-state index contributed by atoms with van der Waals surface area (Å²) < 4.78 is 19.8. The lowest BCUT2D eigenvalue weighted by Crippen LogP contribution is -2.43. The lowest BCUT2D eigenvalue weighted by molar-refractivity contribution is -0.183. The second kappa shape index (κ2) is 14.5. The third kappa shape index (κ3) is 14.5. The highest BCUT2D eigenvalue weighted by Gasteiger charge is 2.32. The molecule has 12 heteroatoms. The topological polar surface area (TPSA) is 173 Å². The van der Waals surface area contributed by atoms with Crippen LogP contribution in [0, 0.1) is 0 Å². The van der Waals surface area contributed by atoms with E-state index in [4.69, 9.17) is 18.9 Å². The molecule has 12 nitrogen and oxygen atoms in total. The van der Waals surface area contributed by atoms with Crippen LogP contribution in [0.2, 0.25) is 0 Å². The molecule has 0 bridgehead atoms. The molecule has 0 amide bonds. The van der Waals surface area contributed by atoms with Crippen molar-refractivity contribution >= 4 is 47.0 Å². The van der Waals surface area contributed by atoms with Crippen molar-refractivity contribution in [3.8, 4) is 0 Å². The third-order valence-electron chi connectivity index (χ3n) is 3.37. The molecule has 0 saturated carbocycles. The summed E-state index contributed by atoms with van der Waals surface area (Å²) in [5.74, 6) is -6.10. The van der Waals surface area contributed by atoms with Gasteiger partial charge in [0, 0.05) is 0 Å². The van der Waals surface area contributed by atoms with Crippen molar-refractivity contribution in [1.29, 1.82) is 0 Å². The van der Waals surface area contributed by atoms with Gasteiger partial charge in [0.05, 0.1) is 0 Å². The minimum absolute atomic E-state index is 0.497.